The summed E-state index contributed by atoms with van der Waals surface area (Å²) in [7, 11) is -4.64. The van der Waals surface area contributed by atoms with Gasteiger partial charge >= 0.3 is 7.82 Å². The van der Waals surface area contributed by atoms with Crippen LogP contribution in [0.1, 0.15) is 194 Å². The van der Waals surface area contributed by atoms with Crippen molar-refractivity contribution in [1.82, 2.24) is 0 Å². The molecule has 0 aliphatic rings. The number of aromatic hydroxyl groups is 6. The maximum absolute atomic E-state index is 12.4. The molecule has 16 nitrogen and oxygen atoms in total. The van der Waals surface area contributed by atoms with Crippen LogP contribution in [-0.4, -0.2) is 63.0 Å². The quantitative estimate of drug-likeness (QED) is 0.0402. The van der Waals surface area contributed by atoms with E-state index in [0.717, 1.165) is 50.1 Å². The van der Waals surface area contributed by atoms with Crippen LogP contribution in [0.15, 0.2) is 109 Å². The molecule has 0 saturated heterocycles. The van der Waals surface area contributed by atoms with Gasteiger partial charge in [-0.3, -0.25) is 14.4 Å². The molecule has 0 spiro atoms. The van der Waals surface area contributed by atoms with Gasteiger partial charge in [0.25, 0.3) is 0 Å². The van der Waals surface area contributed by atoms with Crippen molar-refractivity contribution in [1.29, 1.82) is 0 Å². The number of phosphoric acid groups is 1. The number of carbonyl (C=O) groups excluding carboxylic acids is 3. The Balaban J connectivity index is 0.000000324. The zero-order valence-corrected chi connectivity index (χ0v) is 54.6. The molecular formula is C69H96N3O13P. The van der Waals surface area contributed by atoms with E-state index >= 15 is 0 Å². The van der Waals surface area contributed by atoms with Crippen molar-refractivity contribution < 1.29 is 64.3 Å². The predicted molar refractivity (Wildman–Crippen MR) is 346 cm³/mol. The Morgan fingerprint density at radius 3 is 0.605 bits per heavy atom. The SMILES string of the molecule is CC(C)(C)c1cc(O)cc(C(C)(C)C)c1CCC(=O)Nc1ccc(O)cc1.CC(C)(C)c1cc(O)cc(C(C)(C)C)c1CCC(=O)Nc1ccc(O)cc1.CC(C)(C)c1cc(O)cc(C(C)(C)C)c1CCC(=O)Nc1ccc(O)cc1.O=P(O)(O)O. The number of nitrogens with one attached hydrogen (secondary N) is 3. The second-order valence-electron chi connectivity index (χ2n) is 27.9. The van der Waals surface area contributed by atoms with Crippen LogP contribution in [0.5, 0.6) is 34.5 Å². The average Bonchev–Trinajstić information content (AvgIpc) is 0.948. The number of rotatable bonds is 12. The fourth-order valence-electron chi connectivity index (χ4n) is 9.81. The molecule has 0 aromatic heterocycles. The summed E-state index contributed by atoms with van der Waals surface area (Å²) in [6.07, 6.45) is 2.84. The van der Waals surface area contributed by atoms with E-state index in [9.17, 15) is 45.0 Å². The van der Waals surface area contributed by atoms with Crippen molar-refractivity contribution in [2.75, 3.05) is 16.0 Å². The molecule has 0 fully saturated rings. The van der Waals surface area contributed by atoms with Gasteiger partial charge in [-0.15, -0.1) is 0 Å². The monoisotopic (exact) mass is 1210 g/mol. The zero-order valence-electron chi connectivity index (χ0n) is 53.7. The third-order valence-corrected chi connectivity index (χ3v) is 13.8. The molecule has 0 heterocycles. The highest BCUT2D eigenvalue weighted by Crippen LogP contribution is 2.41. The van der Waals surface area contributed by atoms with E-state index in [-0.39, 0.29) is 84.7 Å². The molecule has 0 aliphatic carbocycles. The lowest BCUT2D eigenvalue weighted by Crippen LogP contribution is -2.22. The van der Waals surface area contributed by atoms with Gasteiger partial charge in [-0.25, -0.2) is 4.57 Å². The first kappa shape index (κ1) is 72.9. The topological polar surface area (TPSA) is 286 Å². The molecule has 470 valence electrons. The largest absolute Gasteiger partial charge is 0.508 e. The van der Waals surface area contributed by atoms with Gasteiger partial charge in [-0.05, 0) is 211 Å². The summed E-state index contributed by atoms with van der Waals surface area (Å²) in [6, 6.07) is 30.3. The van der Waals surface area contributed by atoms with Crippen LogP contribution in [0, 0.1) is 0 Å². The molecule has 0 atom stereocenters. The number of phenols is 6. The molecule has 17 heteroatoms. The number of anilines is 3. The Morgan fingerprint density at radius 1 is 0.314 bits per heavy atom. The highest BCUT2D eigenvalue weighted by molar-refractivity contribution is 7.45. The summed E-state index contributed by atoms with van der Waals surface area (Å²) < 4.78 is 8.88. The molecule has 6 aromatic rings. The molecule has 0 bridgehead atoms. The van der Waals surface area contributed by atoms with Crippen molar-refractivity contribution in [2.24, 2.45) is 0 Å². The molecule has 0 radical (unpaired) electrons. The lowest BCUT2D eigenvalue weighted by atomic mass is 9.75. The van der Waals surface area contributed by atoms with Gasteiger partial charge in [0.1, 0.15) is 34.5 Å². The van der Waals surface area contributed by atoms with Crippen molar-refractivity contribution in [3.8, 4) is 34.5 Å². The normalized spacial score (nSPS) is 12.1. The van der Waals surface area contributed by atoms with E-state index < -0.39 is 7.82 Å². The Kier molecular flexibility index (Phi) is 24.9. The molecule has 0 saturated carbocycles. The number of benzene rings is 6. The minimum Gasteiger partial charge on any atom is -0.508 e. The average molecular weight is 1210 g/mol. The van der Waals surface area contributed by atoms with Crippen LogP contribution in [0.2, 0.25) is 0 Å². The second kappa shape index (κ2) is 29.4. The van der Waals surface area contributed by atoms with Gasteiger partial charge in [-0.2, -0.15) is 0 Å². The number of hydrogen-bond acceptors (Lipinski definition) is 10. The van der Waals surface area contributed by atoms with Crippen LogP contribution >= 0.6 is 7.82 Å². The summed E-state index contributed by atoms with van der Waals surface area (Å²) in [4.78, 5) is 58.9. The lowest BCUT2D eigenvalue weighted by Gasteiger charge is -2.30. The van der Waals surface area contributed by atoms with Crippen molar-refractivity contribution in [2.45, 2.75) is 196 Å². The fourth-order valence-corrected chi connectivity index (χ4v) is 9.81. The fraction of sp³-hybridized carbons (Fsp3) is 0.435. The van der Waals surface area contributed by atoms with Gasteiger partial charge < -0.3 is 61.3 Å². The Morgan fingerprint density at radius 2 is 0.465 bits per heavy atom. The lowest BCUT2D eigenvalue weighted by molar-refractivity contribution is -0.117. The van der Waals surface area contributed by atoms with Crippen LogP contribution in [0.4, 0.5) is 17.1 Å². The van der Waals surface area contributed by atoms with Gasteiger partial charge in [0, 0.05) is 36.3 Å². The van der Waals surface area contributed by atoms with E-state index in [2.05, 4.69) is 141 Å². The van der Waals surface area contributed by atoms with Gasteiger partial charge in [0.15, 0.2) is 0 Å². The molecule has 86 heavy (non-hydrogen) atoms. The minimum atomic E-state index is -4.64. The maximum Gasteiger partial charge on any atom is 0.466 e. The molecule has 6 aromatic carbocycles. The molecule has 6 rings (SSSR count). The van der Waals surface area contributed by atoms with E-state index in [1.54, 1.807) is 72.8 Å². The third kappa shape index (κ3) is 24.6. The minimum absolute atomic E-state index is 0.0755. The smallest absolute Gasteiger partial charge is 0.466 e. The first-order valence-electron chi connectivity index (χ1n) is 28.8. The molecule has 0 aliphatic heterocycles. The van der Waals surface area contributed by atoms with E-state index in [4.69, 9.17) is 19.2 Å². The van der Waals surface area contributed by atoms with Crippen LogP contribution < -0.4 is 16.0 Å². The van der Waals surface area contributed by atoms with E-state index in [0.29, 0.717) is 55.6 Å². The Hall–Kier alpha value is -7.36. The predicted octanol–water partition coefficient (Wildman–Crippen LogP) is 14.9. The first-order valence-corrected chi connectivity index (χ1v) is 30.4. The molecule has 0 unspecified atom stereocenters. The highest BCUT2D eigenvalue weighted by atomic mass is 31.2. The van der Waals surface area contributed by atoms with Crippen LogP contribution in [-0.2, 0) is 70.7 Å². The van der Waals surface area contributed by atoms with Crippen LogP contribution in [0.25, 0.3) is 0 Å². The number of amides is 3. The Bertz CT molecular complexity index is 2840. The van der Waals surface area contributed by atoms with Gasteiger partial charge in [0.2, 0.25) is 17.7 Å². The number of carbonyl (C=O) groups is 3. The Labute approximate surface area is 510 Å². The van der Waals surface area contributed by atoms with Crippen LogP contribution in [0.3, 0.4) is 0 Å². The van der Waals surface area contributed by atoms with Crippen molar-refractivity contribution in [3.05, 3.63) is 159 Å². The molecule has 3 amide bonds. The van der Waals surface area contributed by atoms with Crippen molar-refractivity contribution >= 4 is 42.6 Å². The highest BCUT2D eigenvalue weighted by Gasteiger charge is 2.30. The molecular weight excluding hydrogens is 1110 g/mol. The van der Waals surface area contributed by atoms with E-state index in [1.165, 1.54) is 0 Å². The summed E-state index contributed by atoms with van der Waals surface area (Å²) in [5, 5.41) is 67.4. The van der Waals surface area contributed by atoms with Gasteiger partial charge in [0.05, 0.1) is 0 Å². The standard InChI is InChI=1S/3C23H31NO3.H3O4P/c3*1-22(2,3)19-13-17(26)14-20(23(4,5)6)18(19)11-12-21(27)24-15-7-9-16(25)10-8-15;1-5(2,3)4/h3*7-10,13-14,25-26H,11-12H2,1-6H3,(H,24,27);(H3,1,2,3,4). The maximum atomic E-state index is 12.4. The summed E-state index contributed by atoms with van der Waals surface area (Å²) in [5.41, 5.74) is 11.0. The first-order chi connectivity index (χ1) is 39.1. The summed E-state index contributed by atoms with van der Waals surface area (Å²) >= 11 is 0. The number of phenolic OH excluding ortho intramolecular Hbond substituents is 6. The zero-order chi connectivity index (χ0) is 65.7. The summed E-state index contributed by atoms with van der Waals surface area (Å²) in [5.74, 6) is 1.08. The summed E-state index contributed by atoms with van der Waals surface area (Å²) in [6.45, 7) is 38.1. The van der Waals surface area contributed by atoms with Crippen molar-refractivity contribution in [3.63, 3.8) is 0 Å². The molecule has 12 N–H and O–H groups in total. The second-order valence-corrected chi connectivity index (χ2v) is 28.9. The van der Waals surface area contributed by atoms with Gasteiger partial charge in [-0.1, -0.05) is 125 Å². The van der Waals surface area contributed by atoms with E-state index in [1.807, 2.05) is 36.4 Å². The number of hydrogen-bond donors (Lipinski definition) is 12. The third-order valence-electron chi connectivity index (χ3n) is 13.8.